The minimum Gasteiger partial charge on any atom is -0.360 e. The molecule has 2 rings (SSSR count). The lowest BCUT2D eigenvalue weighted by atomic mass is 10.3. The number of rotatable bonds is 4. The number of aryl methyl sites for hydroxylation is 1. The third kappa shape index (κ3) is 2.49. The Kier molecular flexibility index (Phi) is 3.58. The summed E-state index contributed by atoms with van der Waals surface area (Å²) in [5, 5.41) is 6.40. The van der Waals surface area contributed by atoms with E-state index in [4.69, 9.17) is 5.84 Å². The van der Waals surface area contributed by atoms with Crippen LogP contribution in [0.4, 0.5) is 11.8 Å². The lowest BCUT2D eigenvalue weighted by molar-refractivity contribution is -0.118. The number of hydrazine groups is 1. The van der Waals surface area contributed by atoms with Crippen LogP contribution >= 0.6 is 11.3 Å². The van der Waals surface area contributed by atoms with E-state index in [2.05, 4.69) is 26.0 Å². The summed E-state index contributed by atoms with van der Waals surface area (Å²) in [7, 11) is 1.58. The molecular formula is C10H14N6OS. The van der Waals surface area contributed by atoms with E-state index in [-0.39, 0.29) is 12.5 Å². The second-order valence-corrected chi connectivity index (χ2v) is 4.88. The van der Waals surface area contributed by atoms with Gasteiger partial charge >= 0.3 is 0 Å². The van der Waals surface area contributed by atoms with E-state index in [1.165, 1.54) is 0 Å². The number of nitrogens with two attached hydrogens (primary N) is 1. The van der Waals surface area contributed by atoms with Crippen molar-refractivity contribution in [3.05, 3.63) is 10.9 Å². The van der Waals surface area contributed by atoms with Gasteiger partial charge in [-0.05, 0) is 13.0 Å². The highest BCUT2D eigenvalue weighted by atomic mass is 32.1. The number of carbonyl (C=O) groups excluding carboxylic acids is 1. The molecule has 8 heteroatoms. The van der Waals surface area contributed by atoms with Crippen LogP contribution in [0.2, 0.25) is 0 Å². The number of amides is 1. The monoisotopic (exact) mass is 266 g/mol. The molecule has 5 N–H and O–H groups in total. The molecule has 0 atom stereocenters. The number of thiophene rings is 1. The van der Waals surface area contributed by atoms with Crippen molar-refractivity contribution in [3.63, 3.8) is 0 Å². The molecule has 1 amide bonds. The number of nitrogens with zero attached hydrogens (tertiary/aromatic N) is 2. The van der Waals surface area contributed by atoms with E-state index in [0.29, 0.717) is 11.8 Å². The van der Waals surface area contributed by atoms with Crippen LogP contribution in [0.5, 0.6) is 0 Å². The van der Waals surface area contributed by atoms with Gasteiger partial charge in [0.05, 0.1) is 11.9 Å². The maximum atomic E-state index is 11.2. The van der Waals surface area contributed by atoms with Gasteiger partial charge in [-0.1, -0.05) is 0 Å². The predicted octanol–water partition coefficient (Wildman–Crippen LogP) is 0.443. The highest BCUT2D eigenvalue weighted by Crippen LogP contribution is 2.29. The molecule has 0 aliphatic rings. The van der Waals surface area contributed by atoms with E-state index in [1.54, 1.807) is 18.4 Å². The molecule has 0 aromatic carbocycles. The molecule has 0 bridgehead atoms. The van der Waals surface area contributed by atoms with Crippen molar-refractivity contribution in [1.29, 1.82) is 0 Å². The third-order valence-corrected chi connectivity index (χ3v) is 3.28. The van der Waals surface area contributed by atoms with E-state index in [9.17, 15) is 4.79 Å². The number of fused-ring (bicyclic) bond motifs is 1. The second-order valence-electron chi connectivity index (χ2n) is 3.64. The topological polar surface area (TPSA) is 105 Å². The van der Waals surface area contributed by atoms with E-state index in [1.807, 2.05) is 13.0 Å². The molecule has 0 saturated carbocycles. The van der Waals surface area contributed by atoms with E-state index < -0.39 is 0 Å². The molecule has 0 spiro atoms. The van der Waals surface area contributed by atoms with Crippen LogP contribution in [0, 0.1) is 6.92 Å². The fourth-order valence-electron chi connectivity index (χ4n) is 1.49. The van der Waals surface area contributed by atoms with Gasteiger partial charge in [0.2, 0.25) is 11.9 Å². The Labute approximate surface area is 108 Å². The number of carbonyl (C=O) groups is 1. The maximum absolute atomic E-state index is 11.2. The largest absolute Gasteiger partial charge is 0.360 e. The summed E-state index contributed by atoms with van der Waals surface area (Å²) < 4.78 is 0. The van der Waals surface area contributed by atoms with Gasteiger partial charge in [0.25, 0.3) is 0 Å². The van der Waals surface area contributed by atoms with Gasteiger partial charge < -0.3 is 10.6 Å². The van der Waals surface area contributed by atoms with Gasteiger partial charge in [-0.15, -0.1) is 11.3 Å². The maximum Gasteiger partial charge on any atom is 0.240 e. The molecule has 0 radical (unpaired) electrons. The molecule has 18 heavy (non-hydrogen) atoms. The molecule has 2 aromatic rings. The SMILES string of the molecule is CNC(=O)CNc1nc(NN)nc2sc(C)cc12. The quantitative estimate of drug-likeness (QED) is 0.473. The first-order valence-electron chi connectivity index (χ1n) is 5.33. The summed E-state index contributed by atoms with van der Waals surface area (Å²) in [5.74, 6) is 6.13. The molecule has 0 saturated heterocycles. The molecular weight excluding hydrogens is 252 g/mol. The summed E-state index contributed by atoms with van der Waals surface area (Å²) in [6, 6.07) is 1.98. The highest BCUT2D eigenvalue weighted by molar-refractivity contribution is 7.18. The minimum absolute atomic E-state index is 0.115. The first-order chi connectivity index (χ1) is 8.63. The first-order valence-corrected chi connectivity index (χ1v) is 6.15. The van der Waals surface area contributed by atoms with Crippen molar-refractivity contribution < 1.29 is 4.79 Å². The average Bonchev–Trinajstić information content (AvgIpc) is 2.75. The minimum atomic E-state index is -0.115. The van der Waals surface area contributed by atoms with Crippen LogP contribution in [-0.2, 0) is 4.79 Å². The number of anilines is 2. The summed E-state index contributed by atoms with van der Waals surface area (Å²) >= 11 is 1.55. The summed E-state index contributed by atoms with van der Waals surface area (Å²) in [6.45, 7) is 2.14. The van der Waals surface area contributed by atoms with Crippen molar-refractivity contribution in [1.82, 2.24) is 15.3 Å². The zero-order valence-corrected chi connectivity index (χ0v) is 10.9. The van der Waals surface area contributed by atoms with Crippen LogP contribution in [0.15, 0.2) is 6.07 Å². The van der Waals surface area contributed by atoms with E-state index >= 15 is 0 Å². The van der Waals surface area contributed by atoms with Gasteiger partial charge in [0.15, 0.2) is 0 Å². The summed E-state index contributed by atoms with van der Waals surface area (Å²) in [4.78, 5) is 21.6. The van der Waals surface area contributed by atoms with Gasteiger partial charge in [-0.25, -0.2) is 10.8 Å². The van der Waals surface area contributed by atoms with Crippen molar-refractivity contribution in [3.8, 4) is 0 Å². The number of nitrogens with one attached hydrogen (secondary N) is 3. The first kappa shape index (κ1) is 12.5. The second kappa shape index (κ2) is 5.15. The lowest BCUT2D eigenvalue weighted by Gasteiger charge is -2.07. The third-order valence-electron chi connectivity index (χ3n) is 2.34. The Morgan fingerprint density at radius 1 is 1.50 bits per heavy atom. The Morgan fingerprint density at radius 2 is 2.28 bits per heavy atom. The van der Waals surface area contributed by atoms with Crippen molar-refractivity contribution in [2.45, 2.75) is 6.92 Å². The van der Waals surface area contributed by atoms with Crippen molar-refractivity contribution in [2.24, 2.45) is 5.84 Å². The fourth-order valence-corrected chi connectivity index (χ4v) is 2.37. The molecule has 0 aliphatic heterocycles. The van der Waals surface area contributed by atoms with Crippen LogP contribution in [0.3, 0.4) is 0 Å². The zero-order valence-electron chi connectivity index (χ0n) is 10.1. The van der Waals surface area contributed by atoms with E-state index in [0.717, 1.165) is 15.1 Å². The fraction of sp³-hybridized carbons (Fsp3) is 0.300. The number of nitrogen functional groups attached to an aromatic ring is 1. The Hall–Kier alpha value is -1.93. The van der Waals surface area contributed by atoms with Crippen molar-refractivity contribution in [2.75, 3.05) is 24.3 Å². The molecule has 96 valence electrons. The number of likely N-dealkylation sites (N-methyl/N-ethyl adjacent to an activating group) is 1. The van der Waals surface area contributed by atoms with Gasteiger partial charge in [0.1, 0.15) is 10.6 Å². The normalized spacial score (nSPS) is 10.4. The molecule has 0 fully saturated rings. The Morgan fingerprint density at radius 3 is 2.94 bits per heavy atom. The van der Waals surface area contributed by atoms with Gasteiger partial charge in [-0.2, -0.15) is 4.98 Å². The molecule has 7 nitrogen and oxygen atoms in total. The van der Waals surface area contributed by atoms with Gasteiger partial charge in [-0.3, -0.25) is 10.2 Å². The molecule has 2 aromatic heterocycles. The summed E-state index contributed by atoms with van der Waals surface area (Å²) in [6.07, 6.45) is 0. The molecule has 0 unspecified atom stereocenters. The molecule has 0 aliphatic carbocycles. The van der Waals surface area contributed by atoms with Gasteiger partial charge in [0, 0.05) is 11.9 Å². The lowest BCUT2D eigenvalue weighted by Crippen LogP contribution is -2.26. The Balaban J connectivity index is 2.37. The smallest absolute Gasteiger partial charge is 0.240 e. The number of hydrogen-bond donors (Lipinski definition) is 4. The van der Waals surface area contributed by atoms with Crippen LogP contribution < -0.4 is 21.9 Å². The van der Waals surface area contributed by atoms with Crippen LogP contribution in [0.1, 0.15) is 4.88 Å². The van der Waals surface area contributed by atoms with Crippen LogP contribution in [-0.4, -0.2) is 29.5 Å². The standard InChI is InChI=1S/C10H14N6OS/c1-5-3-6-8(13-4-7(17)12-2)14-10(16-11)15-9(6)18-5/h3H,4,11H2,1-2H3,(H,12,17)(H2,13,14,15,16). The zero-order chi connectivity index (χ0) is 13.1. The molecule has 2 heterocycles. The summed E-state index contributed by atoms with van der Waals surface area (Å²) in [5.41, 5.74) is 2.41. The Bertz CT molecular complexity index is 581. The highest BCUT2D eigenvalue weighted by Gasteiger charge is 2.10. The van der Waals surface area contributed by atoms with Crippen LogP contribution in [0.25, 0.3) is 10.2 Å². The predicted molar refractivity (Wildman–Crippen MR) is 72.5 cm³/mol. The average molecular weight is 266 g/mol. The number of hydrogen-bond acceptors (Lipinski definition) is 7. The van der Waals surface area contributed by atoms with Crippen molar-refractivity contribution >= 4 is 39.2 Å². The number of aromatic nitrogens is 2.